The molecule has 0 N–H and O–H groups in total. The largest absolute Gasteiger partial charge is 0.378 e. The van der Waals surface area contributed by atoms with Gasteiger partial charge in [-0.2, -0.15) is 0 Å². The summed E-state index contributed by atoms with van der Waals surface area (Å²) in [6, 6.07) is 13.4. The van der Waals surface area contributed by atoms with Crippen LogP contribution in [-0.2, 0) is 4.74 Å². The smallest absolute Gasteiger partial charge is 0.293 e. The first-order valence-corrected chi connectivity index (χ1v) is 7.38. The molecule has 1 aliphatic heterocycles. The third-order valence-corrected chi connectivity index (χ3v) is 3.82. The van der Waals surface area contributed by atoms with Gasteiger partial charge in [-0.25, -0.2) is 0 Å². The normalized spacial score (nSPS) is 14.5. The fraction of sp³-hybridized carbons (Fsp3) is 0.235. The molecule has 23 heavy (non-hydrogen) atoms. The van der Waals surface area contributed by atoms with E-state index in [4.69, 9.17) is 4.74 Å². The van der Waals surface area contributed by atoms with E-state index >= 15 is 0 Å². The first-order valence-electron chi connectivity index (χ1n) is 7.38. The summed E-state index contributed by atoms with van der Waals surface area (Å²) < 4.78 is 5.28. The lowest BCUT2D eigenvalue weighted by Gasteiger charge is -2.28. The number of ether oxygens (including phenoxy) is 1. The Hall–Kier alpha value is -2.73. The molecule has 1 fully saturated rings. The lowest BCUT2D eigenvalue weighted by Crippen LogP contribution is -2.36. The zero-order valence-electron chi connectivity index (χ0n) is 12.5. The molecule has 0 saturated carbocycles. The number of benzene rings is 2. The first-order chi connectivity index (χ1) is 11.2. The minimum Gasteiger partial charge on any atom is -0.378 e. The van der Waals surface area contributed by atoms with Crippen LogP contribution in [-0.4, -0.2) is 37.0 Å². The number of hydrogen-bond donors (Lipinski definition) is 0. The molecule has 6 nitrogen and oxygen atoms in total. The molecule has 1 heterocycles. The number of nitro benzene ring substituents is 1. The van der Waals surface area contributed by atoms with Gasteiger partial charge in [-0.3, -0.25) is 14.9 Å². The van der Waals surface area contributed by atoms with E-state index in [1.807, 2.05) is 11.0 Å². The second-order valence-electron chi connectivity index (χ2n) is 5.26. The Kier molecular flexibility index (Phi) is 4.34. The lowest BCUT2D eigenvalue weighted by atomic mass is 10.0. The van der Waals surface area contributed by atoms with Crippen LogP contribution >= 0.6 is 0 Å². The average Bonchev–Trinajstić information content (AvgIpc) is 2.62. The van der Waals surface area contributed by atoms with Gasteiger partial charge in [0.1, 0.15) is 5.69 Å². The number of carbonyl (C=O) groups is 1. The van der Waals surface area contributed by atoms with E-state index in [0.29, 0.717) is 43.1 Å². The highest BCUT2D eigenvalue weighted by molar-refractivity contribution is 6.09. The zero-order valence-corrected chi connectivity index (χ0v) is 12.5. The van der Waals surface area contributed by atoms with Crippen LogP contribution in [0.25, 0.3) is 0 Å². The highest BCUT2D eigenvalue weighted by Gasteiger charge is 2.23. The van der Waals surface area contributed by atoms with Gasteiger partial charge < -0.3 is 9.64 Å². The lowest BCUT2D eigenvalue weighted by molar-refractivity contribution is -0.384. The van der Waals surface area contributed by atoms with Crippen LogP contribution in [0.3, 0.4) is 0 Å². The van der Waals surface area contributed by atoms with Crippen molar-refractivity contribution >= 4 is 17.2 Å². The number of nitrogens with zero attached hydrogens (tertiary/aromatic N) is 2. The summed E-state index contributed by atoms with van der Waals surface area (Å²) >= 11 is 0. The molecule has 118 valence electrons. The molecule has 0 radical (unpaired) electrons. The predicted octanol–water partition coefficient (Wildman–Crippen LogP) is 2.66. The van der Waals surface area contributed by atoms with Gasteiger partial charge in [0.05, 0.1) is 18.1 Å². The first kappa shape index (κ1) is 15.2. The van der Waals surface area contributed by atoms with Crippen LogP contribution in [0.4, 0.5) is 11.4 Å². The summed E-state index contributed by atoms with van der Waals surface area (Å²) in [4.78, 5) is 25.3. The summed E-state index contributed by atoms with van der Waals surface area (Å²) in [5.74, 6) is -0.220. The molecular formula is C17H16N2O4. The highest BCUT2D eigenvalue weighted by atomic mass is 16.6. The monoisotopic (exact) mass is 312 g/mol. The van der Waals surface area contributed by atoms with Crippen molar-refractivity contribution in [2.24, 2.45) is 0 Å². The van der Waals surface area contributed by atoms with E-state index < -0.39 is 4.92 Å². The zero-order chi connectivity index (χ0) is 16.2. The molecule has 1 saturated heterocycles. The van der Waals surface area contributed by atoms with E-state index in [9.17, 15) is 14.9 Å². The van der Waals surface area contributed by atoms with Gasteiger partial charge >= 0.3 is 0 Å². The van der Waals surface area contributed by atoms with Gasteiger partial charge in [0.25, 0.3) is 5.69 Å². The molecule has 0 spiro atoms. The SMILES string of the molecule is O=C(c1ccccc1)c1ccc(N2CCOCC2)c([N+](=O)[O-])c1. The second kappa shape index (κ2) is 6.58. The Bertz CT molecular complexity index is 725. The maximum Gasteiger partial charge on any atom is 0.293 e. The molecule has 0 atom stereocenters. The molecule has 0 aliphatic carbocycles. The molecule has 3 rings (SSSR count). The molecule has 1 aliphatic rings. The van der Waals surface area contributed by atoms with Crippen molar-refractivity contribution in [3.8, 4) is 0 Å². The predicted molar refractivity (Wildman–Crippen MR) is 86.0 cm³/mol. The quantitative estimate of drug-likeness (QED) is 0.493. The van der Waals surface area contributed by atoms with E-state index in [-0.39, 0.29) is 11.5 Å². The number of rotatable bonds is 4. The van der Waals surface area contributed by atoms with Gasteiger partial charge in [-0.1, -0.05) is 30.3 Å². The third kappa shape index (κ3) is 3.22. The van der Waals surface area contributed by atoms with Gasteiger partial charge in [0.2, 0.25) is 0 Å². The Morgan fingerprint density at radius 3 is 2.39 bits per heavy atom. The van der Waals surface area contributed by atoms with Crippen LogP contribution in [0.5, 0.6) is 0 Å². The van der Waals surface area contributed by atoms with Crippen molar-refractivity contribution in [1.29, 1.82) is 0 Å². The molecule has 6 heteroatoms. The van der Waals surface area contributed by atoms with Crippen LogP contribution in [0.15, 0.2) is 48.5 Å². The third-order valence-electron chi connectivity index (χ3n) is 3.82. The average molecular weight is 312 g/mol. The fourth-order valence-electron chi connectivity index (χ4n) is 2.64. The van der Waals surface area contributed by atoms with Crippen molar-refractivity contribution in [1.82, 2.24) is 0 Å². The van der Waals surface area contributed by atoms with Gasteiger partial charge in [0, 0.05) is 30.3 Å². The van der Waals surface area contributed by atoms with Gasteiger partial charge in [-0.05, 0) is 12.1 Å². The number of nitro groups is 1. The molecule has 0 unspecified atom stereocenters. The minimum absolute atomic E-state index is 0.0475. The Morgan fingerprint density at radius 2 is 1.74 bits per heavy atom. The standard InChI is InChI=1S/C17H16N2O4/c20-17(13-4-2-1-3-5-13)14-6-7-15(16(12-14)19(21)22)18-8-10-23-11-9-18/h1-7,12H,8-11H2. The maximum atomic E-state index is 12.5. The molecule has 0 amide bonds. The topological polar surface area (TPSA) is 72.7 Å². The fourth-order valence-corrected chi connectivity index (χ4v) is 2.64. The van der Waals surface area contributed by atoms with Crippen molar-refractivity contribution in [3.63, 3.8) is 0 Å². The van der Waals surface area contributed by atoms with Crippen LogP contribution < -0.4 is 4.90 Å². The van der Waals surface area contributed by atoms with E-state index in [1.54, 1.807) is 36.4 Å². The van der Waals surface area contributed by atoms with E-state index in [0.717, 1.165) is 0 Å². The van der Waals surface area contributed by atoms with Crippen LogP contribution in [0, 0.1) is 10.1 Å². The number of carbonyl (C=O) groups excluding carboxylic acids is 1. The van der Waals surface area contributed by atoms with Crippen LogP contribution in [0.1, 0.15) is 15.9 Å². The van der Waals surface area contributed by atoms with Crippen LogP contribution in [0.2, 0.25) is 0 Å². The summed E-state index contributed by atoms with van der Waals surface area (Å²) in [6.45, 7) is 2.29. The molecule has 2 aromatic carbocycles. The molecule has 0 aromatic heterocycles. The van der Waals surface area contributed by atoms with Crippen molar-refractivity contribution < 1.29 is 14.5 Å². The minimum atomic E-state index is -0.438. The van der Waals surface area contributed by atoms with E-state index in [1.165, 1.54) is 6.07 Å². The molecule has 2 aromatic rings. The maximum absolute atomic E-state index is 12.5. The highest BCUT2D eigenvalue weighted by Crippen LogP contribution is 2.30. The number of anilines is 1. The van der Waals surface area contributed by atoms with Crippen molar-refractivity contribution in [2.45, 2.75) is 0 Å². The summed E-state index contributed by atoms with van der Waals surface area (Å²) in [5.41, 5.74) is 1.32. The van der Waals surface area contributed by atoms with Crippen molar-refractivity contribution in [2.75, 3.05) is 31.2 Å². The number of ketones is 1. The molecular weight excluding hydrogens is 296 g/mol. The Labute approximate surface area is 133 Å². The van der Waals surface area contributed by atoms with Gasteiger partial charge in [-0.15, -0.1) is 0 Å². The Balaban J connectivity index is 1.96. The number of morpholine rings is 1. The van der Waals surface area contributed by atoms with Gasteiger partial charge in [0.15, 0.2) is 5.78 Å². The summed E-state index contributed by atoms with van der Waals surface area (Å²) in [5, 5.41) is 11.4. The second-order valence-corrected chi connectivity index (χ2v) is 5.26. The van der Waals surface area contributed by atoms with Crippen molar-refractivity contribution in [3.05, 3.63) is 69.8 Å². The summed E-state index contributed by atoms with van der Waals surface area (Å²) in [7, 11) is 0. The summed E-state index contributed by atoms with van der Waals surface area (Å²) in [6.07, 6.45) is 0. The molecule has 0 bridgehead atoms. The Morgan fingerprint density at radius 1 is 1.04 bits per heavy atom. The van der Waals surface area contributed by atoms with E-state index in [2.05, 4.69) is 0 Å². The number of hydrogen-bond acceptors (Lipinski definition) is 5.